The van der Waals surface area contributed by atoms with Crippen molar-refractivity contribution in [1.82, 2.24) is 5.32 Å². The summed E-state index contributed by atoms with van der Waals surface area (Å²) in [4.78, 5) is 0. The van der Waals surface area contributed by atoms with Crippen LogP contribution in [-0.2, 0) is 4.74 Å². The van der Waals surface area contributed by atoms with Gasteiger partial charge < -0.3 is 4.74 Å². The van der Waals surface area contributed by atoms with Crippen molar-refractivity contribution >= 4 is 0 Å². The minimum absolute atomic E-state index is 0.981. The van der Waals surface area contributed by atoms with Gasteiger partial charge in [-0.25, -0.2) is 0 Å². The van der Waals surface area contributed by atoms with Gasteiger partial charge in [0.05, 0.1) is 12.8 Å². The summed E-state index contributed by atoms with van der Waals surface area (Å²) < 4.78 is 4.77. The van der Waals surface area contributed by atoms with Crippen LogP contribution < -0.4 is 5.32 Å². The normalized spacial score (nSPS) is 23.4. The van der Waals surface area contributed by atoms with E-state index in [1.54, 1.807) is 13.4 Å². The Hall–Kier alpha value is -0.660. The molecule has 2 nitrogen and oxygen atoms in total. The van der Waals surface area contributed by atoms with E-state index in [0.717, 1.165) is 18.7 Å². The monoisotopic (exact) mass is 112 g/mol. The molecule has 0 bridgehead atoms. The summed E-state index contributed by atoms with van der Waals surface area (Å²) in [5, 5.41) is 4.16. The van der Waals surface area contributed by atoms with Crippen molar-refractivity contribution in [2.75, 3.05) is 13.7 Å². The van der Waals surface area contributed by atoms with Crippen LogP contribution in [0.2, 0.25) is 0 Å². The first-order chi connectivity index (χ1) is 3.93. The Morgan fingerprint density at radius 2 is 2.62 bits per heavy atom. The van der Waals surface area contributed by atoms with E-state index in [-0.39, 0.29) is 0 Å². The second-order valence-electron chi connectivity index (χ2n) is 1.83. The molecule has 45 valence electrons. The van der Waals surface area contributed by atoms with Crippen LogP contribution in [0, 0.1) is 0 Å². The second-order valence-corrected chi connectivity index (χ2v) is 1.83. The van der Waals surface area contributed by atoms with E-state index in [0.29, 0.717) is 0 Å². The molecule has 1 radical (unpaired) electrons. The second kappa shape index (κ2) is 2.60. The Morgan fingerprint density at radius 1 is 1.75 bits per heavy atom. The molecule has 0 saturated carbocycles. The molecule has 8 heavy (non-hydrogen) atoms. The highest BCUT2D eigenvalue weighted by Gasteiger charge is 2.05. The lowest BCUT2D eigenvalue weighted by molar-refractivity contribution is 0.331. The minimum atomic E-state index is 0.981. The zero-order chi connectivity index (χ0) is 5.82. The summed E-state index contributed by atoms with van der Waals surface area (Å²) in [6, 6.07) is 0. The Bertz CT molecular complexity index is 90.7. The van der Waals surface area contributed by atoms with Gasteiger partial charge in [0.2, 0.25) is 0 Å². The van der Waals surface area contributed by atoms with Crippen molar-refractivity contribution < 1.29 is 4.74 Å². The zero-order valence-corrected chi connectivity index (χ0v) is 5.05. The summed E-state index contributed by atoms with van der Waals surface area (Å²) in [5.41, 5.74) is 1.10. The zero-order valence-electron chi connectivity index (χ0n) is 5.05. The first kappa shape index (κ1) is 5.48. The molecule has 1 rings (SSSR count). The van der Waals surface area contributed by atoms with Crippen LogP contribution in [0.15, 0.2) is 12.0 Å². The molecule has 1 heterocycles. The summed E-state index contributed by atoms with van der Waals surface area (Å²) in [6.45, 7) is 0.981. The first-order valence-corrected chi connectivity index (χ1v) is 2.83. The molecular weight excluding hydrogens is 102 g/mol. The van der Waals surface area contributed by atoms with Gasteiger partial charge in [0, 0.05) is 6.54 Å². The number of rotatable bonds is 1. The van der Waals surface area contributed by atoms with E-state index < -0.39 is 0 Å². The smallest absolute Gasteiger partial charge is 0.103 e. The van der Waals surface area contributed by atoms with Crippen molar-refractivity contribution in [2.24, 2.45) is 0 Å². The average molecular weight is 112 g/mol. The van der Waals surface area contributed by atoms with E-state index in [1.807, 2.05) is 0 Å². The van der Waals surface area contributed by atoms with Crippen molar-refractivity contribution in [3.8, 4) is 0 Å². The maximum Gasteiger partial charge on any atom is 0.103 e. The summed E-state index contributed by atoms with van der Waals surface area (Å²) in [7, 11) is 1.65. The standard InChI is InChI=1S/C6H10NO/c1-8-5-6-3-2-4-7-6/h5H,2-4H2,1H3. The quantitative estimate of drug-likeness (QED) is 0.462. The van der Waals surface area contributed by atoms with Gasteiger partial charge in [0.25, 0.3) is 0 Å². The predicted molar refractivity (Wildman–Crippen MR) is 31.3 cm³/mol. The molecule has 0 aromatic heterocycles. The Morgan fingerprint density at radius 3 is 3.12 bits per heavy atom. The van der Waals surface area contributed by atoms with Crippen LogP contribution in [0.4, 0.5) is 0 Å². The van der Waals surface area contributed by atoms with Gasteiger partial charge in [-0.3, -0.25) is 5.32 Å². The van der Waals surface area contributed by atoms with Crippen LogP contribution in [0.5, 0.6) is 0 Å². The molecular formula is C6H10NO. The molecule has 1 saturated heterocycles. The molecule has 0 N–H and O–H groups in total. The third-order valence-electron chi connectivity index (χ3n) is 1.16. The van der Waals surface area contributed by atoms with Gasteiger partial charge in [0.1, 0.15) is 6.26 Å². The van der Waals surface area contributed by atoms with E-state index in [4.69, 9.17) is 4.74 Å². The van der Waals surface area contributed by atoms with Crippen LogP contribution in [-0.4, -0.2) is 13.7 Å². The van der Waals surface area contributed by atoms with Crippen LogP contribution in [0.1, 0.15) is 12.8 Å². The lowest BCUT2D eigenvalue weighted by Gasteiger charge is -1.91. The number of nitrogens with zero attached hydrogens (tertiary/aromatic N) is 1. The number of methoxy groups -OCH3 is 1. The molecule has 1 fully saturated rings. The van der Waals surface area contributed by atoms with Crippen molar-refractivity contribution in [2.45, 2.75) is 12.8 Å². The highest BCUT2D eigenvalue weighted by Crippen LogP contribution is 2.09. The Kier molecular flexibility index (Phi) is 1.78. The fraction of sp³-hybridized carbons (Fsp3) is 0.667. The van der Waals surface area contributed by atoms with Gasteiger partial charge >= 0.3 is 0 Å². The SMILES string of the molecule is COC=C1CCC[N]1. The largest absolute Gasteiger partial charge is 0.502 e. The molecule has 1 aliphatic rings. The summed E-state index contributed by atoms with van der Waals surface area (Å²) in [6.07, 6.45) is 4.00. The molecule has 0 atom stereocenters. The topological polar surface area (TPSA) is 23.3 Å². The molecule has 0 amide bonds. The lowest BCUT2D eigenvalue weighted by Crippen LogP contribution is -1.93. The van der Waals surface area contributed by atoms with Crippen LogP contribution in [0.25, 0.3) is 0 Å². The fourth-order valence-electron chi connectivity index (χ4n) is 0.794. The third-order valence-corrected chi connectivity index (χ3v) is 1.16. The van der Waals surface area contributed by atoms with E-state index in [2.05, 4.69) is 5.32 Å². The van der Waals surface area contributed by atoms with E-state index >= 15 is 0 Å². The first-order valence-electron chi connectivity index (χ1n) is 2.83. The lowest BCUT2D eigenvalue weighted by atomic mass is 10.3. The maximum absolute atomic E-state index is 4.77. The van der Waals surface area contributed by atoms with Gasteiger partial charge in [-0.2, -0.15) is 0 Å². The van der Waals surface area contributed by atoms with Crippen molar-refractivity contribution in [1.29, 1.82) is 0 Å². The molecule has 0 spiro atoms. The highest BCUT2D eigenvalue weighted by atomic mass is 16.5. The number of hydrogen-bond donors (Lipinski definition) is 0. The van der Waals surface area contributed by atoms with Gasteiger partial charge in [-0.1, -0.05) is 0 Å². The predicted octanol–water partition coefficient (Wildman–Crippen LogP) is 0.872. The molecule has 0 aromatic carbocycles. The summed E-state index contributed by atoms with van der Waals surface area (Å²) in [5.74, 6) is 0. The maximum atomic E-state index is 4.77. The van der Waals surface area contributed by atoms with Gasteiger partial charge in [-0.15, -0.1) is 0 Å². The van der Waals surface area contributed by atoms with Crippen molar-refractivity contribution in [3.63, 3.8) is 0 Å². The molecule has 0 aromatic rings. The molecule has 0 aliphatic carbocycles. The number of hydrogen-bond acceptors (Lipinski definition) is 1. The van der Waals surface area contributed by atoms with Crippen LogP contribution >= 0.6 is 0 Å². The average Bonchev–Trinajstić information content (AvgIpc) is 2.19. The Labute approximate surface area is 49.5 Å². The summed E-state index contributed by atoms with van der Waals surface area (Å²) >= 11 is 0. The molecule has 1 aliphatic heterocycles. The minimum Gasteiger partial charge on any atom is -0.502 e. The number of allylic oxidation sites excluding steroid dienone is 1. The van der Waals surface area contributed by atoms with E-state index in [9.17, 15) is 0 Å². The molecule has 2 heteroatoms. The Balaban J connectivity index is 2.33. The third kappa shape index (κ3) is 1.15. The fourth-order valence-corrected chi connectivity index (χ4v) is 0.794. The van der Waals surface area contributed by atoms with Gasteiger partial charge in [-0.05, 0) is 12.8 Å². The van der Waals surface area contributed by atoms with Gasteiger partial charge in [0.15, 0.2) is 0 Å². The number of ether oxygens (including phenoxy) is 1. The van der Waals surface area contributed by atoms with Crippen LogP contribution in [0.3, 0.4) is 0 Å². The highest BCUT2D eigenvalue weighted by molar-refractivity contribution is 4.99. The van der Waals surface area contributed by atoms with E-state index in [1.165, 1.54) is 6.42 Å². The van der Waals surface area contributed by atoms with Crippen molar-refractivity contribution in [3.05, 3.63) is 12.0 Å². The molecule has 0 unspecified atom stereocenters.